The van der Waals surface area contributed by atoms with Crippen LogP contribution in [0.4, 0.5) is 4.39 Å². The SMILES string of the molecule is COc1cc2c(cc1OCCCF)CCN1C[C@@H](OC(C)(C)C)[C@H](O)C[C@H]21. The Kier molecular flexibility index (Phi) is 6.28. The monoisotopic (exact) mass is 381 g/mol. The lowest BCUT2D eigenvalue weighted by Gasteiger charge is -2.46. The Labute approximate surface area is 161 Å². The molecule has 1 aromatic carbocycles. The first-order chi connectivity index (χ1) is 12.8. The third kappa shape index (κ3) is 4.73. The lowest BCUT2D eigenvalue weighted by atomic mass is 9.84. The molecule has 2 heterocycles. The summed E-state index contributed by atoms with van der Waals surface area (Å²) in [6.07, 6.45) is 1.25. The van der Waals surface area contributed by atoms with Crippen LogP contribution in [0.3, 0.4) is 0 Å². The molecule has 27 heavy (non-hydrogen) atoms. The number of alkyl halides is 1. The number of hydrogen-bond donors (Lipinski definition) is 1. The minimum Gasteiger partial charge on any atom is -0.493 e. The number of ether oxygens (including phenoxy) is 3. The van der Waals surface area contributed by atoms with Crippen LogP contribution in [-0.4, -0.2) is 61.3 Å². The molecule has 0 spiro atoms. The zero-order chi connectivity index (χ0) is 19.6. The van der Waals surface area contributed by atoms with Gasteiger partial charge in [-0.15, -0.1) is 0 Å². The van der Waals surface area contributed by atoms with Gasteiger partial charge in [0.25, 0.3) is 0 Å². The van der Waals surface area contributed by atoms with Gasteiger partial charge >= 0.3 is 0 Å². The Morgan fingerprint density at radius 2 is 2.04 bits per heavy atom. The Hall–Kier alpha value is -1.37. The molecule has 0 amide bonds. The van der Waals surface area contributed by atoms with Crippen LogP contribution in [0, 0.1) is 0 Å². The van der Waals surface area contributed by atoms with Gasteiger partial charge in [0, 0.05) is 25.6 Å². The van der Waals surface area contributed by atoms with Gasteiger partial charge in [0.1, 0.15) is 0 Å². The number of methoxy groups -OCH3 is 1. The number of rotatable bonds is 6. The molecule has 0 radical (unpaired) electrons. The van der Waals surface area contributed by atoms with E-state index in [4.69, 9.17) is 14.2 Å². The number of fused-ring (bicyclic) bond motifs is 3. The van der Waals surface area contributed by atoms with E-state index in [0.717, 1.165) is 19.5 Å². The first-order valence-corrected chi connectivity index (χ1v) is 9.82. The molecule has 2 aliphatic rings. The number of aliphatic hydroxyl groups is 1. The van der Waals surface area contributed by atoms with Gasteiger partial charge in [-0.25, -0.2) is 0 Å². The molecule has 6 heteroatoms. The molecule has 1 saturated heterocycles. The quantitative estimate of drug-likeness (QED) is 0.767. The summed E-state index contributed by atoms with van der Waals surface area (Å²) >= 11 is 0. The normalized spacial score (nSPS) is 25.6. The van der Waals surface area contributed by atoms with E-state index in [9.17, 15) is 9.50 Å². The van der Waals surface area contributed by atoms with Crippen molar-refractivity contribution in [1.82, 2.24) is 4.90 Å². The van der Waals surface area contributed by atoms with Gasteiger partial charge in [0.15, 0.2) is 11.5 Å². The van der Waals surface area contributed by atoms with E-state index in [-0.39, 0.29) is 24.4 Å². The Balaban J connectivity index is 1.80. The molecule has 3 atom stereocenters. The molecule has 0 unspecified atom stereocenters. The largest absolute Gasteiger partial charge is 0.493 e. The van der Waals surface area contributed by atoms with E-state index in [0.29, 0.717) is 30.9 Å². The molecule has 0 aliphatic carbocycles. The maximum Gasteiger partial charge on any atom is 0.161 e. The average Bonchev–Trinajstić information content (AvgIpc) is 2.61. The van der Waals surface area contributed by atoms with E-state index in [1.165, 1.54) is 11.1 Å². The fraction of sp³-hybridized carbons (Fsp3) is 0.714. The van der Waals surface area contributed by atoms with Crippen LogP contribution in [0.2, 0.25) is 0 Å². The number of benzene rings is 1. The Morgan fingerprint density at radius 1 is 1.26 bits per heavy atom. The van der Waals surface area contributed by atoms with E-state index in [1.54, 1.807) is 7.11 Å². The van der Waals surface area contributed by atoms with Gasteiger partial charge in [0.2, 0.25) is 0 Å². The number of piperidine rings is 1. The molecular formula is C21H32FNO4. The molecule has 0 bridgehead atoms. The van der Waals surface area contributed by atoms with E-state index in [2.05, 4.69) is 4.90 Å². The predicted octanol–water partition coefficient (Wildman–Crippen LogP) is 3.28. The summed E-state index contributed by atoms with van der Waals surface area (Å²) in [5.41, 5.74) is 2.13. The van der Waals surface area contributed by atoms with Gasteiger partial charge < -0.3 is 19.3 Å². The second-order valence-corrected chi connectivity index (χ2v) is 8.43. The van der Waals surface area contributed by atoms with Gasteiger partial charge in [0.05, 0.1) is 38.2 Å². The van der Waals surface area contributed by atoms with Crippen molar-refractivity contribution in [2.24, 2.45) is 0 Å². The topological polar surface area (TPSA) is 51.2 Å². The third-order valence-corrected chi connectivity index (χ3v) is 5.24. The average molecular weight is 381 g/mol. The van der Waals surface area contributed by atoms with E-state index in [1.807, 2.05) is 32.9 Å². The summed E-state index contributed by atoms with van der Waals surface area (Å²) in [5.74, 6) is 1.33. The third-order valence-electron chi connectivity index (χ3n) is 5.24. The van der Waals surface area contributed by atoms with Crippen LogP contribution in [0.25, 0.3) is 0 Å². The van der Waals surface area contributed by atoms with Crippen molar-refractivity contribution in [2.45, 2.75) is 63.9 Å². The van der Waals surface area contributed by atoms with Gasteiger partial charge in [-0.05, 0) is 56.9 Å². The van der Waals surface area contributed by atoms with E-state index < -0.39 is 6.10 Å². The molecule has 1 N–H and O–H groups in total. The Morgan fingerprint density at radius 3 is 2.70 bits per heavy atom. The lowest BCUT2D eigenvalue weighted by molar-refractivity contribution is -0.149. The molecule has 5 nitrogen and oxygen atoms in total. The van der Waals surface area contributed by atoms with E-state index >= 15 is 0 Å². The maximum absolute atomic E-state index is 12.4. The van der Waals surface area contributed by atoms with Crippen molar-refractivity contribution in [1.29, 1.82) is 0 Å². The molecule has 1 fully saturated rings. The zero-order valence-electron chi connectivity index (χ0n) is 16.8. The summed E-state index contributed by atoms with van der Waals surface area (Å²) in [6.45, 7) is 7.65. The molecule has 0 aromatic heterocycles. The summed E-state index contributed by atoms with van der Waals surface area (Å²) < 4.78 is 29.7. The second-order valence-electron chi connectivity index (χ2n) is 8.43. The number of nitrogens with zero attached hydrogens (tertiary/aromatic N) is 1. The maximum atomic E-state index is 12.4. The van der Waals surface area contributed by atoms with Gasteiger partial charge in [-0.2, -0.15) is 0 Å². The molecule has 2 aliphatic heterocycles. The second kappa shape index (κ2) is 8.33. The van der Waals surface area contributed by atoms with Crippen molar-refractivity contribution < 1.29 is 23.7 Å². The highest BCUT2D eigenvalue weighted by molar-refractivity contribution is 5.49. The molecule has 1 aromatic rings. The lowest BCUT2D eigenvalue weighted by Crippen LogP contribution is -2.53. The summed E-state index contributed by atoms with van der Waals surface area (Å²) in [5, 5.41) is 10.7. The van der Waals surface area contributed by atoms with Crippen LogP contribution >= 0.6 is 0 Å². The van der Waals surface area contributed by atoms with Crippen LogP contribution < -0.4 is 9.47 Å². The number of aliphatic hydroxyl groups excluding tert-OH is 1. The standard InChI is InChI=1S/C21H32FNO4/c1-21(2,3)27-20-13-23-8-6-14-10-19(26-9-5-7-22)18(25-4)11-15(14)16(23)12-17(20)24/h10-11,16-17,20,24H,5-9,12-13H2,1-4H3/t16-,17-,20-/m1/s1. The highest BCUT2D eigenvalue weighted by Gasteiger charge is 2.40. The van der Waals surface area contributed by atoms with Crippen LogP contribution in [0.5, 0.6) is 11.5 Å². The van der Waals surface area contributed by atoms with Crippen LogP contribution in [0.1, 0.15) is 50.8 Å². The Bertz CT molecular complexity index is 646. The van der Waals surface area contributed by atoms with Crippen molar-refractivity contribution in [3.63, 3.8) is 0 Å². The van der Waals surface area contributed by atoms with Crippen molar-refractivity contribution in [3.05, 3.63) is 23.3 Å². The minimum atomic E-state index is -0.497. The highest BCUT2D eigenvalue weighted by Crippen LogP contribution is 2.42. The number of halogens is 1. The first kappa shape index (κ1) is 20.4. The molecular weight excluding hydrogens is 349 g/mol. The van der Waals surface area contributed by atoms with Crippen LogP contribution in [-0.2, 0) is 11.2 Å². The molecule has 0 saturated carbocycles. The van der Waals surface area contributed by atoms with Crippen molar-refractivity contribution >= 4 is 0 Å². The summed E-state index contributed by atoms with van der Waals surface area (Å²) in [7, 11) is 1.62. The first-order valence-electron chi connectivity index (χ1n) is 9.82. The van der Waals surface area contributed by atoms with Crippen molar-refractivity contribution in [2.75, 3.05) is 33.5 Å². The summed E-state index contributed by atoms with van der Waals surface area (Å²) in [6, 6.07) is 4.19. The minimum absolute atomic E-state index is 0.150. The fourth-order valence-electron chi connectivity index (χ4n) is 4.07. The van der Waals surface area contributed by atoms with Gasteiger partial charge in [-0.1, -0.05) is 0 Å². The fourth-order valence-corrected chi connectivity index (χ4v) is 4.07. The van der Waals surface area contributed by atoms with Crippen LogP contribution in [0.15, 0.2) is 12.1 Å². The highest BCUT2D eigenvalue weighted by atomic mass is 19.1. The predicted molar refractivity (Wildman–Crippen MR) is 102 cm³/mol. The number of hydrogen-bond acceptors (Lipinski definition) is 5. The van der Waals surface area contributed by atoms with Gasteiger partial charge in [-0.3, -0.25) is 9.29 Å². The molecule has 3 rings (SSSR count). The molecule has 152 valence electrons. The summed E-state index contributed by atoms with van der Waals surface area (Å²) in [4.78, 5) is 2.40. The van der Waals surface area contributed by atoms with Crippen molar-refractivity contribution in [3.8, 4) is 11.5 Å². The smallest absolute Gasteiger partial charge is 0.161 e. The zero-order valence-corrected chi connectivity index (χ0v) is 16.8.